The van der Waals surface area contributed by atoms with Crippen molar-refractivity contribution in [3.05, 3.63) is 42.1 Å². The minimum absolute atomic E-state index is 0.0451. The number of rotatable bonds is 4. The monoisotopic (exact) mass is 385 g/mol. The van der Waals surface area contributed by atoms with Gasteiger partial charge in [-0.3, -0.25) is 0 Å². The maximum Gasteiger partial charge on any atom is 0.322 e. The van der Waals surface area contributed by atoms with Crippen LogP contribution in [0.2, 0.25) is 0 Å². The Labute approximate surface area is 163 Å². The smallest absolute Gasteiger partial charge is 0.322 e. The van der Waals surface area contributed by atoms with Crippen LogP contribution in [0.4, 0.5) is 10.5 Å². The Balaban J connectivity index is 1.46. The summed E-state index contributed by atoms with van der Waals surface area (Å²) in [5.74, 6) is 2.51. The molecule has 1 aromatic carbocycles. The zero-order chi connectivity index (χ0) is 18.6. The summed E-state index contributed by atoms with van der Waals surface area (Å²) in [7, 11) is 0. The van der Waals surface area contributed by atoms with Crippen LogP contribution in [0.3, 0.4) is 0 Å². The Morgan fingerprint density at radius 3 is 2.89 bits per heavy atom. The van der Waals surface area contributed by atoms with Gasteiger partial charge < -0.3 is 19.7 Å². The van der Waals surface area contributed by atoms with Crippen molar-refractivity contribution in [2.75, 3.05) is 30.8 Å². The lowest BCUT2D eigenvalue weighted by Crippen LogP contribution is -2.34. The van der Waals surface area contributed by atoms with Gasteiger partial charge in [0.2, 0.25) is 0 Å². The van der Waals surface area contributed by atoms with Crippen molar-refractivity contribution in [2.45, 2.75) is 30.8 Å². The lowest BCUT2D eigenvalue weighted by atomic mass is 10.0. The predicted octanol–water partition coefficient (Wildman–Crippen LogP) is 4.33. The molecule has 2 aliphatic rings. The topological polar surface area (TPSA) is 63.7 Å². The van der Waals surface area contributed by atoms with E-state index in [-0.39, 0.29) is 12.1 Å². The third kappa shape index (κ3) is 3.98. The Hall–Kier alpha value is -2.41. The largest absolute Gasteiger partial charge is 0.486 e. The molecule has 1 fully saturated rings. The number of fused-ring (bicyclic) bond motifs is 1. The summed E-state index contributed by atoms with van der Waals surface area (Å²) in [6.07, 6.45) is 3.64. The van der Waals surface area contributed by atoms with Crippen LogP contribution < -0.4 is 14.8 Å². The average molecular weight is 385 g/mol. The number of carbonyl (C=O) groups excluding carboxylic acids is 1. The van der Waals surface area contributed by atoms with Crippen molar-refractivity contribution in [3.63, 3.8) is 0 Å². The molecule has 1 unspecified atom stereocenters. The van der Waals surface area contributed by atoms with Crippen LogP contribution in [0.1, 0.15) is 31.4 Å². The number of benzene rings is 1. The van der Waals surface area contributed by atoms with E-state index in [4.69, 9.17) is 9.47 Å². The Kier molecular flexibility index (Phi) is 5.38. The summed E-state index contributed by atoms with van der Waals surface area (Å²) in [4.78, 5) is 19.1. The van der Waals surface area contributed by atoms with Crippen LogP contribution in [0, 0.1) is 0 Å². The molecule has 27 heavy (non-hydrogen) atoms. The van der Waals surface area contributed by atoms with Crippen LogP contribution in [-0.4, -0.2) is 41.4 Å². The van der Waals surface area contributed by atoms with E-state index in [9.17, 15) is 4.79 Å². The molecule has 2 aromatic rings. The summed E-state index contributed by atoms with van der Waals surface area (Å²) in [5.41, 5.74) is 1.80. The fourth-order valence-electron chi connectivity index (χ4n) is 3.51. The van der Waals surface area contributed by atoms with Crippen molar-refractivity contribution in [2.24, 2.45) is 0 Å². The van der Waals surface area contributed by atoms with Gasteiger partial charge in [0, 0.05) is 6.54 Å². The number of pyridine rings is 1. The highest BCUT2D eigenvalue weighted by Crippen LogP contribution is 2.38. The van der Waals surface area contributed by atoms with Crippen LogP contribution in [0.25, 0.3) is 0 Å². The Morgan fingerprint density at radius 2 is 2.11 bits per heavy atom. The number of thioether (sulfide) groups is 1. The van der Waals surface area contributed by atoms with Crippen molar-refractivity contribution < 1.29 is 14.3 Å². The molecule has 7 heteroatoms. The number of amides is 2. The maximum absolute atomic E-state index is 12.8. The third-order valence-electron chi connectivity index (χ3n) is 4.74. The molecule has 1 atom stereocenters. The van der Waals surface area contributed by atoms with Gasteiger partial charge in [-0.1, -0.05) is 13.0 Å². The van der Waals surface area contributed by atoms with E-state index in [1.54, 1.807) is 18.0 Å². The van der Waals surface area contributed by atoms with Gasteiger partial charge in [0.1, 0.15) is 13.2 Å². The highest BCUT2D eigenvalue weighted by atomic mass is 32.2. The number of nitrogens with zero attached hydrogens (tertiary/aromatic N) is 2. The second-order valence-electron chi connectivity index (χ2n) is 6.50. The molecule has 1 N–H and O–H groups in total. The van der Waals surface area contributed by atoms with Crippen molar-refractivity contribution in [1.29, 1.82) is 0 Å². The third-order valence-corrected chi connectivity index (χ3v) is 5.57. The maximum atomic E-state index is 12.8. The zero-order valence-electron chi connectivity index (χ0n) is 15.3. The molecule has 0 saturated carbocycles. The van der Waals surface area contributed by atoms with Crippen LogP contribution in [-0.2, 0) is 0 Å². The number of anilines is 1. The van der Waals surface area contributed by atoms with Gasteiger partial charge in [0.25, 0.3) is 0 Å². The number of likely N-dealkylation sites (tertiary alicyclic amines) is 1. The molecular weight excluding hydrogens is 362 g/mol. The first-order chi connectivity index (χ1) is 13.2. The fourth-order valence-corrected chi connectivity index (χ4v) is 4.09. The summed E-state index contributed by atoms with van der Waals surface area (Å²) < 4.78 is 11.3. The molecule has 0 aliphatic carbocycles. The van der Waals surface area contributed by atoms with Crippen LogP contribution in [0.15, 0.2) is 41.6 Å². The SMILES string of the molecule is CCSc1ccc(NC(=O)N2CCCC2c2ccc3c(c2)OCCO3)cn1. The Morgan fingerprint density at radius 1 is 1.26 bits per heavy atom. The molecule has 0 bridgehead atoms. The molecule has 4 rings (SSSR count). The standard InChI is InChI=1S/C20H23N3O3S/c1-2-27-19-8-6-15(13-21-19)22-20(24)23-9-3-4-16(23)14-5-7-17-18(12-14)26-11-10-25-17/h5-8,12-13,16H,2-4,9-11H2,1H3,(H,22,24). The zero-order valence-corrected chi connectivity index (χ0v) is 16.1. The first-order valence-corrected chi connectivity index (χ1v) is 10.3. The van der Waals surface area contributed by atoms with Crippen LogP contribution >= 0.6 is 11.8 Å². The lowest BCUT2D eigenvalue weighted by Gasteiger charge is -2.27. The van der Waals surface area contributed by atoms with Gasteiger partial charge in [0.05, 0.1) is 23.0 Å². The minimum Gasteiger partial charge on any atom is -0.486 e. The number of nitrogens with one attached hydrogen (secondary N) is 1. The first kappa shape index (κ1) is 18.0. The molecule has 6 nitrogen and oxygen atoms in total. The molecule has 1 saturated heterocycles. The predicted molar refractivity (Wildman–Crippen MR) is 106 cm³/mol. The minimum atomic E-state index is -0.0925. The number of aromatic nitrogens is 1. The van der Waals surface area contributed by atoms with Crippen molar-refractivity contribution in [3.8, 4) is 11.5 Å². The van der Waals surface area contributed by atoms with Gasteiger partial charge in [-0.05, 0) is 48.4 Å². The van der Waals surface area contributed by atoms with E-state index in [0.717, 1.165) is 47.2 Å². The molecule has 0 radical (unpaired) electrons. The van der Waals surface area contributed by atoms with E-state index in [1.165, 1.54) is 0 Å². The summed E-state index contributed by atoms with van der Waals surface area (Å²) in [5, 5.41) is 3.94. The number of hydrogen-bond acceptors (Lipinski definition) is 5. The van der Waals surface area contributed by atoms with Gasteiger partial charge in [-0.2, -0.15) is 0 Å². The van der Waals surface area contributed by atoms with Gasteiger partial charge in [-0.15, -0.1) is 11.8 Å². The second-order valence-corrected chi connectivity index (χ2v) is 7.79. The van der Waals surface area contributed by atoms with Gasteiger partial charge >= 0.3 is 6.03 Å². The van der Waals surface area contributed by atoms with E-state index < -0.39 is 0 Å². The fraction of sp³-hybridized carbons (Fsp3) is 0.400. The van der Waals surface area contributed by atoms with E-state index in [0.29, 0.717) is 18.9 Å². The molecule has 0 spiro atoms. The van der Waals surface area contributed by atoms with E-state index >= 15 is 0 Å². The quantitative estimate of drug-likeness (QED) is 0.794. The van der Waals surface area contributed by atoms with Crippen molar-refractivity contribution >= 4 is 23.5 Å². The molecular formula is C20H23N3O3S. The normalized spacial score (nSPS) is 18.4. The Bertz CT molecular complexity index is 813. The molecule has 3 heterocycles. The van der Waals surface area contributed by atoms with Crippen LogP contribution in [0.5, 0.6) is 11.5 Å². The molecule has 2 aliphatic heterocycles. The molecule has 2 amide bonds. The number of ether oxygens (including phenoxy) is 2. The first-order valence-electron chi connectivity index (χ1n) is 9.30. The average Bonchev–Trinajstić information content (AvgIpc) is 3.19. The molecule has 1 aromatic heterocycles. The second kappa shape index (κ2) is 8.08. The van der Waals surface area contributed by atoms with Crippen molar-refractivity contribution in [1.82, 2.24) is 9.88 Å². The summed E-state index contributed by atoms with van der Waals surface area (Å²) in [6, 6.07) is 9.76. The van der Waals surface area contributed by atoms with Gasteiger partial charge in [-0.25, -0.2) is 9.78 Å². The highest BCUT2D eigenvalue weighted by Gasteiger charge is 2.31. The van der Waals surface area contributed by atoms with Gasteiger partial charge in [0.15, 0.2) is 11.5 Å². The lowest BCUT2D eigenvalue weighted by molar-refractivity contribution is 0.170. The molecule has 142 valence electrons. The number of hydrogen-bond donors (Lipinski definition) is 1. The number of carbonyl (C=O) groups is 1. The number of urea groups is 1. The van der Waals surface area contributed by atoms with E-state index in [2.05, 4.69) is 17.2 Å². The summed E-state index contributed by atoms with van der Waals surface area (Å²) >= 11 is 1.68. The summed E-state index contributed by atoms with van der Waals surface area (Å²) in [6.45, 7) is 3.97. The highest BCUT2D eigenvalue weighted by molar-refractivity contribution is 7.99. The van der Waals surface area contributed by atoms with E-state index in [1.807, 2.05) is 35.2 Å².